The van der Waals surface area contributed by atoms with Gasteiger partial charge in [0.1, 0.15) is 5.60 Å². The minimum absolute atomic E-state index is 0.198. The topological polar surface area (TPSA) is 116 Å². The summed E-state index contributed by atoms with van der Waals surface area (Å²) in [5.74, 6) is -3.65. The molecule has 1 aliphatic rings. The summed E-state index contributed by atoms with van der Waals surface area (Å²) < 4.78 is 5.38. The highest BCUT2D eigenvalue weighted by molar-refractivity contribution is 6.27. The Morgan fingerprint density at radius 3 is 1.71 bits per heavy atom. The third-order valence-corrected chi connectivity index (χ3v) is 2.62. The molecule has 0 bridgehead atoms. The lowest BCUT2D eigenvalue weighted by Gasteiger charge is -2.39. The average Bonchev–Trinajstić information content (AvgIpc) is 2.26. The fraction of sp³-hybridized carbons (Fsp3) is 0.769. The molecule has 8 nitrogen and oxygen atoms in total. The number of nitrogens with one attached hydrogen (secondary N) is 1. The van der Waals surface area contributed by atoms with E-state index in [4.69, 9.17) is 24.5 Å². The van der Waals surface area contributed by atoms with Gasteiger partial charge in [0.25, 0.3) is 0 Å². The van der Waals surface area contributed by atoms with Crippen molar-refractivity contribution in [2.75, 3.05) is 13.1 Å². The van der Waals surface area contributed by atoms with Gasteiger partial charge in [-0.05, 0) is 34.6 Å². The van der Waals surface area contributed by atoms with Crippen LogP contribution in [-0.2, 0) is 14.3 Å². The number of hydrogen-bond donors (Lipinski definition) is 3. The Hall–Kier alpha value is -1.83. The molecule has 1 fully saturated rings. The standard InChI is InChI=1S/C11H22N2O2.C2H2O4/c1-8-6-12-7-9(2)13(8)10(14)15-11(3,4)5;3-1(4)2(5)6/h8-9,12H,6-7H2,1-5H3;(H,3,4)(H,5,6)/t8-,9-;/m0./s1. The van der Waals surface area contributed by atoms with E-state index in [0.717, 1.165) is 13.1 Å². The molecule has 3 N–H and O–H groups in total. The maximum atomic E-state index is 11.9. The molecule has 0 aromatic rings. The summed E-state index contributed by atoms with van der Waals surface area (Å²) in [4.78, 5) is 31.9. The number of nitrogens with zero attached hydrogens (tertiary/aromatic N) is 1. The quantitative estimate of drug-likeness (QED) is 0.566. The summed E-state index contributed by atoms with van der Waals surface area (Å²) in [5.41, 5.74) is -0.415. The molecule has 1 amide bonds. The highest BCUT2D eigenvalue weighted by Gasteiger charge is 2.32. The number of rotatable bonds is 0. The minimum atomic E-state index is -1.82. The predicted octanol–water partition coefficient (Wildman–Crippen LogP) is 0.759. The molecule has 0 spiro atoms. The fourth-order valence-corrected chi connectivity index (χ4v) is 1.81. The molecule has 1 rings (SSSR count). The van der Waals surface area contributed by atoms with Gasteiger partial charge in [0, 0.05) is 25.2 Å². The van der Waals surface area contributed by atoms with Crippen molar-refractivity contribution in [3.8, 4) is 0 Å². The van der Waals surface area contributed by atoms with Crippen molar-refractivity contribution >= 4 is 18.0 Å². The van der Waals surface area contributed by atoms with Gasteiger partial charge in [-0.3, -0.25) is 0 Å². The number of carboxylic acids is 2. The van der Waals surface area contributed by atoms with E-state index in [1.54, 1.807) is 0 Å². The van der Waals surface area contributed by atoms with E-state index in [9.17, 15) is 4.79 Å². The van der Waals surface area contributed by atoms with E-state index in [1.807, 2.05) is 39.5 Å². The molecule has 21 heavy (non-hydrogen) atoms. The average molecular weight is 304 g/mol. The lowest BCUT2D eigenvalue weighted by molar-refractivity contribution is -0.159. The highest BCUT2D eigenvalue weighted by atomic mass is 16.6. The van der Waals surface area contributed by atoms with Crippen molar-refractivity contribution in [3.05, 3.63) is 0 Å². The van der Waals surface area contributed by atoms with Crippen molar-refractivity contribution in [1.29, 1.82) is 0 Å². The molecular weight excluding hydrogens is 280 g/mol. The third-order valence-electron chi connectivity index (χ3n) is 2.62. The van der Waals surface area contributed by atoms with Crippen LogP contribution in [0.4, 0.5) is 4.79 Å². The van der Waals surface area contributed by atoms with Gasteiger partial charge in [0.05, 0.1) is 0 Å². The minimum Gasteiger partial charge on any atom is -0.473 e. The summed E-state index contributed by atoms with van der Waals surface area (Å²) in [6, 6.07) is 0.396. The van der Waals surface area contributed by atoms with Gasteiger partial charge in [-0.15, -0.1) is 0 Å². The second-order valence-electron chi connectivity index (χ2n) is 5.85. The van der Waals surface area contributed by atoms with Gasteiger partial charge in [-0.25, -0.2) is 14.4 Å². The van der Waals surface area contributed by atoms with Crippen LogP contribution >= 0.6 is 0 Å². The molecule has 122 valence electrons. The fourth-order valence-electron chi connectivity index (χ4n) is 1.81. The molecule has 8 heteroatoms. The summed E-state index contributed by atoms with van der Waals surface area (Å²) >= 11 is 0. The summed E-state index contributed by atoms with van der Waals surface area (Å²) in [6.07, 6.45) is -0.205. The first-order valence-electron chi connectivity index (χ1n) is 6.64. The number of aliphatic carboxylic acids is 2. The zero-order chi connectivity index (χ0) is 16.8. The molecule has 0 radical (unpaired) electrons. The number of amides is 1. The van der Waals surface area contributed by atoms with Crippen molar-refractivity contribution in [1.82, 2.24) is 10.2 Å². The van der Waals surface area contributed by atoms with Crippen molar-refractivity contribution in [2.45, 2.75) is 52.3 Å². The van der Waals surface area contributed by atoms with Crippen molar-refractivity contribution in [3.63, 3.8) is 0 Å². The smallest absolute Gasteiger partial charge is 0.414 e. The zero-order valence-corrected chi connectivity index (χ0v) is 13.0. The lowest BCUT2D eigenvalue weighted by atomic mass is 10.1. The van der Waals surface area contributed by atoms with Crippen LogP contribution in [0.25, 0.3) is 0 Å². The molecule has 1 aliphatic heterocycles. The molecule has 1 saturated heterocycles. The van der Waals surface area contributed by atoms with E-state index in [-0.39, 0.29) is 18.2 Å². The Morgan fingerprint density at radius 1 is 1.05 bits per heavy atom. The van der Waals surface area contributed by atoms with Crippen LogP contribution in [0.2, 0.25) is 0 Å². The van der Waals surface area contributed by atoms with Gasteiger partial charge in [-0.2, -0.15) is 0 Å². The molecule has 0 aromatic carbocycles. The van der Waals surface area contributed by atoms with Gasteiger partial charge < -0.3 is 25.2 Å². The second-order valence-corrected chi connectivity index (χ2v) is 5.85. The Labute approximate surface area is 124 Å². The number of piperazine rings is 1. The first-order chi connectivity index (χ1) is 9.45. The molecular formula is C13H24N2O6. The Balaban J connectivity index is 0.000000567. The predicted molar refractivity (Wildman–Crippen MR) is 75.1 cm³/mol. The first-order valence-corrected chi connectivity index (χ1v) is 6.64. The van der Waals surface area contributed by atoms with Gasteiger partial charge in [0.15, 0.2) is 0 Å². The van der Waals surface area contributed by atoms with E-state index in [2.05, 4.69) is 5.32 Å². The maximum absolute atomic E-state index is 11.9. The monoisotopic (exact) mass is 304 g/mol. The van der Waals surface area contributed by atoms with E-state index in [0.29, 0.717) is 0 Å². The van der Waals surface area contributed by atoms with Crippen molar-refractivity contribution < 1.29 is 29.3 Å². The van der Waals surface area contributed by atoms with E-state index in [1.165, 1.54) is 0 Å². The summed E-state index contributed by atoms with van der Waals surface area (Å²) in [5, 5.41) is 18.1. The van der Waals surface area contributed by atoms with Gasteiger partial charge in [-0.1, -0.05) is 0 Å². The number of carbonyl (C=O) groups is 3. The molecule has 1 heterocycles. The Kier molecular flexibility index (Phi) is 7.14. The highest BCUT2D eigenvalue weighted by Crippen LogP contribution is 2.16. The van der Waals surface area contributed by atoms with E-state index < -0.39 is 17.5 Å². The van der Waals surface area contributed by atoms with Crippen LogP contribution in [0.15, 0.2) is 0 Å². The van der Waals surface area contributed by atoms with E-state index >= 15 is 0 Å². The first kappa shape index (κ1) is 19.2. The molecule has 0 unspecified atom stereocenters. The molecule has 0 aliphatic carbocycles. The normalized spacial score (nSPS) is 21.9. The molecule has 2 atom stereocenters. The van der Waals surface area contributed by atoms with Crippen LogP contribution in [0.1, 0.15) is 34.6 Å². The Bertz CT molecular complexity index is 369. The lowest BCUT2D eigenvalue weighted by Crippen LogP contribution is -2.58. The van der Waals surface area contributed by atoms with Gasteiger partial charge in [0.2, 0.25) is 0 Å². The van der Waals surface area contributed by atoms with Crippen LogP contribution in [0.3, 0.4) is 0 Å². The maximum Gasteiger partial charge on any atom is 0.414 e. The molecule has 0 aromatic heterocycles. The molecule has 0 saturated carbocycles. The third kappa shape index (κ3) is 7.50. The van der Waals surface area contributed by atoms with Crippen LogP contribution in [-0.4, -0.2) is 63.9 Å². The van der Waals surface area contributed by atoms with Crippen LogP contribution < -0.4 is 5.32 Å². The number of carbonyl (C=O) groups excluding carboxylic acids is 1. The van der Waals surface area contributed by atoms with Crippen molar-refractivity contribution in [2.24, 2.45) is 0 Å². The SMILES string of the molecule is C[C@H]1CNC[C@H](C)N1C(=O)OC(C)(C)C.O=C(O)C(=O)O. The summed E-state index contributed by atoms with van der Waals surface area (Å²) in [7, 11) is 0. The summed E-state index contributed by atoms with van der Waals surface area (Å²) in [6.45, 7) is 11.4. The van der Waals surface area contributed by atoms with Crippen LogP contribution in [0.5, 0.6) is 0 Å². The number of carboxylic acid groups (broad SMARTS) is 2. The Morgan fingerprint density at radius 2 is 1.43 bits per heavy atom. The number of ether oxygens (including phenoxy) is 1. The zero-order valence-electron chi connectivity index (χ0n) is 13.0. The second kappa shape index (κ2) is 7.82. The van der Waals surface area contributed by atoms with Gasteiger partial charge >= 0.3 is 18.0 Å². The van der Waals surface area contributed by atoms with Crippen LogP contribution in [0, 0.1) is 0 Å². The largest absolute Gasteiger partial charge is 0.473 e. The number of hydrogen-bond acceptors (Lipinski definition) is 5.